The molecule has 3 amide bonds. The van der Waals surface area contributed by atoms with E-state index in [2.05, 4.69) is 20.9 Å². The third-order valence-electron chi connectivity index (χ3n) is 5.99. The number of nitrogens with two attached hydrogens (primary N) is 1. The summed E-state index contributed by atoms with van der Waals surface area (Å²) in [5, 5.41) is 28.0. The van der Waals surface area contributed by atoms with Crippen LogP contribution < -0.4 is 21.7 Å². The van der Waals surface area contributed by atoms with Crippen LogP contribution in [-0.2, 0) is 25.6 Å². The van der Waals surface area contributed by atoms with E-state index >= 15 is 0 Å². The number of rotatable bonds is 14. The topological polar surface area (TPSA) is 187 Å². The van der Waals surface area contributed by atoms with Gasteiger partial charge in [-0.2, -0.15) is 11.8 Å². The van der Waals surface area contributed by atoms with Gasteiger partial charge in [0.1, 0.15) is 18.1 Å². The van der Waals surface area contributed by atoms with Gasteiger partial charge < -0.3 is 36.9 Å². The summed E-state index contributed by atoms with van der Waals surface area (Å²) in [5.74, 6) is -3.12. The molecule has 0 spiro atoms. The number of thioether (sulfide) groups is 1. The molecule has 204 valence electrons. The number of para-hydroxylation sites is 1. The van der Waals surface area contributed by atoms with E-state index in [9.17, 15) is 29.4 Å². The summed E-state index contributed by atoms with van der Waals surface area (Å²) < 4.78 is 0. The molecule has 0 saturated carbocycles. The average molecular weight is 536 g/mol. The van der Waals surface area contributed by atoms with Crippen molar-refractivity contribution < 1.29 is 29.4 Å². The van der Waals surface area contributed by atoms with Crippen LogP contribution >= 0.6 is 11.8 Å². The number of fused-ring (bicyclic) bond motifs is 1. The van der Waals surface area contributed by atoms with Crippen molar-refractivity contribution in [1.82, 2.24) is 20.9 Å². The third kappa shape index (κ3) is 8.48. The number of benzene rings is 1. The Kier molecular flexibility index (Phi) is 11.4. The molecular formula is C25H37N5O6S. The molecule has 0 aliphatic rings. The van der Waals surface area contributed by atoms with Crippen molar-refractivity contribution in [3.63, 3.8) is 0 Å². The lowest BCUT2D eigenvalue weighted by Gasteiger charge is -2.28. The number of nitrogens with one attached hydrogen (secondary N) is 4. The molecule has 2 rings (SSSR count). The van der Waals surface area contributed by atoms with E-state index in [1.54, 1.807) is 20.0 Å². The number of hydrogen-bond donors (Lipinski definition) is 7. The lowest BCUT2D eigenvalue weighted by Crippen LogP contribution is -2.61. The molecule has 0 aliphatic carbocycles. The molecule has 0 aliphatic heterocycles. The smallest absolute Gasteiger partial charge is 0.326 e. The van der Waals surface area contributed by atoms with Gasteiger partial charge in [0.2, 0.25) is 17.7 Å². The van der Waals surface area contributed by atoms with Crippen LogP contribution in [0.5, 0.6) is 0 Å². The first kappa shape index (κ1) is 30.1. The number of carboxylic acids is 1. The first-order chi connectivity index (χ1) is 17.5. The Morgan fingerprint density at radius 3 is 2.22 bits per heavy atom. The molecule has 11 nitrogen and oxygen atoms in total. The standard InChI is InChI=1S/C25H37N5O6S/c1-13(2)20(23(33)28-19(25(35)36)9-10-37-4)29-24(34)21(14(3)31)30-22(32)17(26)11-15-12-27-18-8-6-5-7-16(15)18/h5-8,12-14,17,19-21,27,31H,9-11,26H2,1-4H3,(H,28,33)(H,29,34)(H,30,32)(H,35,36). The average Bonchev–Trinajstić information content (AvgIpc) is 3.25. The SMILES string of the molecule is CSCCC(NC(=O)C(NC(=O)C(NC(=O)C(N)Cc1c[nH]c2ccccc12)C(C)O)C(C)C)C(=O)O. The Hall–Kier alpha value is -3.09. The van der Waals surface area contributed by atoms with E-state index in [0.29, 0.717) is 5.75 Å². The number of H-pyrrole nitrogens is 1. The predicted molar refractivity (Wildman–Crippen MR) is 143 cm³/mol. The summed E-state index contributed by atoms with van der Waals surface area (Å²) in [7, 11) is 0. The molecule has 0 bridgehead atoms. The van der Waals surface area contributed by atoms with E-state index in [1.807, 2.05) is 30.5 Å². The second-order valence-electron chi connectivity index (χ2n) is 9.31. The van der Waals surface area contributed by atoms with Gasteiger partial charge >= 0.3 is 5.97 Å². The van der Waals surface area contributed by atoms with Crippen LogP contribution in [0.4, 0.5) is 0 Å². The van der Waals surface area contributed by atoms with Crippen molar-refractivity contribution in [1.29, 1.82) is 0 Å². The fourth-order valence-electron chi connectivity index (χ4n) is 3.83. The molecule has 5 unspecified atom stereocenters. The second-order valence-corrected chi connectivity index (χ2v) is 10.3. The minimum absolute atomic E-state index is 0.202. The number of carbonyl (C=O) groups excluding carboxylic acids is 3. The molecule has 0 fully saturated rings. The molecule has 12 heteroatoms. The molecule has 1 aromatic carbocycles. The Morgan fingerprint density at radius 1 is 1.00 bits per heavy atom. The zero-order valence-corrected chi connectivity index (χ0v) is 22.3. The minimum Gasteiger partial charge on any atom is -0.480 e. The largest absolute Gasteiger partial charge is 0.480 e. The highest BCUT2D eigenvalue weighted by Gasteiger charge is 2.33. The van der Waals surface area contributed by atoms with Crippen molar-refractivity contribution in [2.75, 3.05) is 12.0 Å². The first-order valence-corrected chi connectivity index (χ1v) is 13.5. The summed E-state index contributed by atoms with van der Waals surface area (Å²) in [6, 6.07) is 3.02. The molecule has 8 N–H and O–H groups in total. The number of carbonyl (C=O) groups is 4. The zero-order valence-electron chi connectivity index (χ0n) is 21.5. The molecular weight excluding hydrogens is 498 g/mol. The van der Waals surface area contributed by atoms with Gasteiger partial charge in [-0.05, 0) is 49.3 Å². The van der Waals surface area contributed by atoms with Gasteiger partial charge in [0.15, 0.2) is 0 Å². The van der Waals surface area contributed by atoms with E-state index < -0.39 is 59.9 Å². The summed E-state index contributed by atoms with van der Waals surface area (Å²) in [4.78, 5) is 53.3. The molecule has 5 atom stereocenters. The third-order valence-corrected chi connectivity index (χ3v) is 6.63. The van der Waals surface area contributed by atoms with Crippen molar-refractivity contribution in [2.45, 2.75) is 63.9 Å². The quantitative estimate of drug-likeness (QED) is 0.181. The van der Waals surface area contributed by atoms with Crippen LogP contribution in [0.1, 0.15) is 32.8 Å². The molecule has 2 aromatic rings. The molecule has 37 heavy (non-hydrogen) atoms. The maximum Gasteiger partial charge on any atom is 0.326 e. The van der Waals surface area contributed by atoms with Crippen LogP contribution in [0, 0.1) is 5.92 Å². The summed E-state index contributed by atoms with van der Waals surface area (Å²) >= 11 is 1.45. The number of hydrogen-bond acceptors (Lipinski definition) is 7. The highest BCUT2D eigenvalue weighted by Crippen LogP contribution is 2.19. The van der Waals surface area contributed by atoms with Crippen molar-refractivity contribution in [3.8, 4) is 0 Å². The molecule has 1 heterocycles. The van der Waals surface area contributed by atoms with Gasteiger partial charge in [0, 0.05) is 17.1 Å². The fourth-order valence-corrected chi connectivity index (χ4v) is 4.30. The monoisotopic (exact) mass is 535 g/mol. The fraction of sp³-hybridized carbons (Fsp3) is 0.520. The number of amides is 3. The van der Waals surface area contributed by atoms with Gasteiger partial charge in [-0.3, -0.25) is 14.4 Å². The Labute approximate surface area is 220 Å². The van der Waals surface area contributed by atoms with E-state index in [-0.39, 0.29) is 12.8 Å². The molecule has 0 saturated heterocycles. The van der Waals surface area contributed by atoms with Crippen LogP contribution in [0.3, 0.4) is 0 Å². The van der Waals surface area contributed by atoms with Crippen molar-refractivity contribution in [2.24, 2.45) is 11.7 Å². The van der Waals surface area contributed by atoms with Crippen LogP contribution in [0.2, 0.25) is 0 Å². The van der Waals surface area contributed by atoms with Gasteiger partial charge in [0.05, 0.1) is 12.1 Å². The van der Waals surface area contributed by atoms with Crippen LogP contribution in [0.25, 0.3) is 10.9 Å². The van der Waals surface area contributed by atoms with Gasteiger partial charge in [-0.1, -0.05) is 32.0 Å². The van der Waals surface area contributed by atoms with Crippen molar-refractivity contribution >= 4 is 46.4 Å². The lowest BCUT2D eigenvalue weighted by atomic mass is 10.0. The highest BCUT2D eigenvalue weighted by atomic mass is 32.2. The summed E-state index contributed by atoms with van der Waals surface area (Å²) in [6.45, 7) is 4.72. The van der Waals surface area contributed by atoms with Crippen molar-refractivity contribution in [3.05, 3.63) is 36.0 Å². The number of aromatic nitrogens is 1. The Morgan fingerprint density at radius 2 is 1.62 bits per heavy atom. The van der Waals surface area contributed by atoms with Gasteiger partial charge in [-0.15, -0.1) is 0 Å². The van der Waals surface area contributed by atoms with Crippen LogP contribution in [-0.4, -0.2) is 81.2 Å². The highest BCUT2D eigenvalue weighted by molar-refractivity contribution is 7.98. The Bertz CT molecular complexity index is 1090. The van der Waals surface area contributed by atoms with Crippen LogP contribution in [0.15, 0.2) is 30.5 Å². The first-order valence-electron chi connectivity index (χ1n) is 12.1. The minimum atomic E-state index is -1.37. The summed E-state index contributed by atoms with van der Waals surface area (Å²) in [5.41, 5.74) is 7.85. The van der Waals surface area contributed by atoms with Gasteiger partial charge in [-0.25, -0.2) is 4.79 Å². The number of carboxylic acid groups (broad SMARTS) is 1. The number of aliphatic hydroxyl groups excluding tert-OH is 1. The number of aliphatic carboxylic acids is 1. The normalized spacial score (nSPS) is 15.4. The maximum absolute atomic E-state index is 13.0. The van der Waals surface area contributed by atoms with E-state index in [4.69, 9.17) is 5.73 Å². The maximum atomic E-state index is 13.0. The summed E-state index contributed by atoms with van der Waals surface area (Å²) in [6.07, 6.45) is 2.74. The molecule has 1 aromatic heterocycles. The predicted octanol–water partition coefficient (Wildman–Crippen LogP) is 0.367. The zero-order chi connectivity index (χ0) is 27.7. The number of aliphatic hydroxyl groups is 1. The lowest BCUT2D eigenvalue weighted by molar-refractivity contribution is -0.142. The molecule has 0 radical (unpaired) electrons. The van der Waals surface area contributed by atoms with E-state index in [1.165, 1.54) is 18.7 Å². The Balaban J connectivity index is 2.07. The number of aromatic amines is 1. The van der Waals surface area contributed by atoms with E-state index in [0.717, 1.165) is 16.5 Å². The van der Waals surface area contributed by atoms with Gasteiger partial charge in [0.25, 0.3) is 0 Å². The second kappa shape index (κ2) is 14.0.